The van der Waals surface area contributed by atoms with E-state index in [1.54, 1.807) is 0 Å². The third kappa shape index (κ3) is 8.34. The molecule has 0 bridgehead atoms. The van der Waals surface area contributed by atoms with Crippen LogP contribution in [-0.2, 0) is 23.7 Å². The van der Waals surface area contributed by atoms with Gasteiger partial charge in [-0.25, -0.2) is 4.79 Å². The van der Waals surface area contributed by atoms with Gasteiger partial charge in [0, 0.05) is 31.0 Å². The summed E-state index contributed by atoms with van der Waals surface area (Å²) in [6.45, 7) is 8.83. The Morgan fingerprint density at radius 3 is 2.49 bits per heavy atom. The number of rotatable bonds is 13. The standard InChI is InChI=1S/C28H43N3O8/c1-4-5-6-7-11-18-35-26-25-24(38-28(2,3)39-25)23(37-26)22(19-30-16-9-8-10-17-30)36-27(32)29-20-12-14-21(15-13-20)31(33)34/h12-15,22-26H,4-11,16-19H2,1-3H3,(H,29,32)/t22-,23-,24+,25+,26+/m1/s1. The molecule has 3 saturated heterocycles. The van der Waals surface area contributed by atoms with Crippen LogP contribution in [0, 0.1) is 10.1 Å². The van der Waals surface area contributed by atoms with E-state index in [-0.39, 0.29) is 5.69 Å². The zero-order valence-corrected chi connectivity index (χ0v) is 23.3. The molecule has 218 valence electrons. The summed E-state index contributed by atoms with van der Waals surface area (Å²) in [7, 11) is 0. The van der Waals surface area contributed by atoms with Crippen LogP contribution in [0.2, 0.25) is 0 Å². The summed E-state index contributed by atoms with van der Waals surface area (Å²) in [5.41, 5.74) is 0.345. The van der Waals surface area contributed by atoms with Crippen molar-refractivity contribution in [3.63, 3.8) is 0 Å². The number of hydrogen-bond acceptors (Lipinski definition) is 9. The Bertz CT molecular complexity index is 937. The summed E-state index contributed by atoms with van der Waals surface area (Å²) in [5, 5.41) is 13.6. The number of ether oxygens (including phenoxy) is 5. The van der Waals surface area contributed by atoms with Gasteiger partial charge in [0.15, 0.2) is 12.1 Å². The Labute approximate surface area is 230 Å². The molecule has 5 atom stereocenters. The molecule has 3 fully saturated rings. The van der Waals surface area contributed by atoms with Crippen LogP contribution >= 0.6 is 0 Å². The van der Waals surface area contributed by atoms with E-state index in [2.05, 4.69) is 17.1 Å². The normalized spacial score (nSPS) is 27.2. The molecule has 0 unspecified atom stereocenters. The fourth-order valence-electron chi connectivity index (χ4n) is 5.49. The third-order valence-electron chi connectivity index (χ3n) is 7.41. The van der Waals surface area contributed by atoms with Crippen LogP contribution in [0.25, 0.3) is 0 Å². The average molecular weight is 550 g/mol. The maximum Gasteiger partial charge on any atom is 0.412 e. The van der Waals surface area contributed by atoms with Crippen LogP contribution < -0.4 is 5.32 Å². The van der Waals surface area contributed by atoms with E-state index < -0.39 is 47.5 Å². The fraction of sp³-hybridized carbons (Fsp3) is 0.750. The number of hydrogen-bond donors (Lipinski definition) is 1. The van der Waals surface area contributed by atoms with Crippen molar-refractivity contribution in [3.05, 3.63) is 34.4 Å². The second-order valence-corrected chi connectivity index (χ2v) is 11.1. The lowest BCUT2D eigenvalue weighted by Gasteiger charge is -2.34. The molecule has 0 spiro atoms. The zero-order chi connectivity index (χ0) is 27.8. The van der Waals surface area contributed by atoms with E-state index in [1.807, 2.05) is 13.8 Å². The second-order valence-electron chi connectivity index (χ2n) is 11.1. The highest BCUT2D eigenvalue weighted by Crippen LogP contribution is 2.41. The number of non-ortho nitro benzene ring substituents is 1. The van der Waals surface area contributed by atoms with Crippen molar-refractivity contribution >= 4 is 17.5 Å². The molecule has 3 aliphatic heterocycles. The predicted octanol–water partition coefficient (Wildman–Crippen LogP) is 5.23. The van der Waals surface area contributed by atoms with Crippen molar-refractivity contribution < 1.29 is 33.4 Å². The minimum Gasteiger partial charge on any atom is -0.442 e. The molecule has 0 saturated carbocycles. The van der Waals surface area contributed by atoms with Gasteiger partial charge in [-0.05, 0) is 58.3 Å². The molecule has 0 radical (unpaired) electrons. The lowest BCUT2D eigenvalue weighted by atomic mass is 10.0. The summed E-state index contributed by atoms with van der Waals surface area (Å²) in [5.74, 6) is -0.809. The predicted molar refractivity (Wildman–Crippen MR) is 144 cm³/mol. The Balaban J connectivity index is 1.44. The molecule has 0 aromatic heterocycles. The highest BCUT2D eigenvalue weighted by molar-refractivity contribution is 5.84. The van der Waals surface area contributed by atoms with Crippen LogP contribution in [0.4, 0.5) is 16.2 Å². The van der Waals surface area contributed by atoms with Gasteiger partial charge in [-0.2, -0.15) is 0 Å². The third-order valence-corrected chi connectivity index (χ3v) is 7.41. The van der Waals surface area contributed by atoms with Crippen LogP contribution in [-0.4, -0.2) is 78.7 Å². The maximum atomic E-state index is 13.0. The van der Waals surface area contributed by atoms with Gasteiger partial charge >= 0.3 is 6.09 Å². The van der Waals surface area contributed by atoms with E-state index in [0.29, 0.717) is 18.8 Å². The molecular weight excluding hydrogens is 506 g/mol. The molecule has 11 nitrogen and oxygen atoms in total. The molecule has 1 aromatic rings. The molecular formula is C28H43N3O8. The number of nitro benzene ring substituents is 1. The minimum absolute atomic E-state index is 0.0558. The molecule has 1 aromatic carbocycles. The van der Waals surface area contributed by atoms with E-state index in [4.69, 9.17) is 23.7 Å². The topological polar surface area (TPSA) is 122 Å². The van der Waals surface area contributed by atoms with Crippen molar-refractivity contribution in [1.82, 2.24) is 4.90 Å². The van der Waals surface area contributed by atoms with E-state index >= 15 is 0 Å². The van der Waals surface area contributed by atoms with Gasteiger partial charge < -0.3 is 23.7 Å². The first kappa shape index (κ1) is 29.7. The zero-order valence-electron chi connectivity index (χ0n) is 23.3. The monoisotopic (exact) mass is 549 g/mol. The van der Waals surface area contributed by atoms with Crippen molar-refractivity contribution in [2.75, 3.05) is 31.6 Å². The van der Waals surface area contributed by atoms with Gasteiger partial charge in [0.1, 0.15) is 24.4 Å². The van der Waals surface area contributed by atoms with Gasteiger partial charge in [0.2, 0.25) is 0 Å². The van der Waals surface area contributed by atoms with E-state index in [9.17, 15) is 14.9 Å². The van der Waals surface area contributed by atoms with Crippen LogP contribution in [0.15, 0.2) is 24.3 Å². The maximum absolute atomic E-state index is 13.0. The smallest absolute Gasteiger partial charge is 0.412 e. The Kier molecular flexibility index (Phi) is 10.5. The number of piperidine rings is 1. The van der Waals surface area contributed by atoms with Gasteiger partial charge in [-0.3, -0.25) is 20.3 Å². The summed E-state index contributed by atoms with van der Waals surface area (Å²) in [4.78, 5) is 25.7. The second kappa shape index (κ2) is 13.8. The summed E-state index contributed by atoms with van der Waals surface area (Å²) in [6.07, 6.45) is 5.64. The Morgan fingerprint density at radius 2 is 1.79 bits per heavy atom. The SMILES string of the molecule is CCCCCCCO[C@H]1O[C@H]([C@@H](CN2CCCCC2)OC(=O)Nc2ccc([N+](=O)[O-])cc2)[C@@H]2OC(C)(C)O[C@H]12. The number of nitro groups is 1. The van der Waals surface area contributed by atoms with Crippen LogP contribution in [0.1, 0.15) is 72.1 Å². The number of benzene rings is 1. The number of likely N-dealkylation sites (tertiary alicyclic amines) is 1. The van der Waals surface area contributed by atoms with Crippen molar-refractivity contribution in [2.45, 2.75) is 109 Å². The number of nitrogens with one attached hydrogen (secondary N) is 1. The number of amides is 1. The number of carbonyl (C=O) groups is 1. The molecule has 39 heavy (non-hydrogen) atoms. The fourth-order valence-corrected chi connectivity index (χ4v) is 5.49. The van der Waals surface area contributed by atoms with E-state index in [1.165, 1.54) is 49.9 Å². The number of anilines is 1. The molecule has 0 aliphatic carbocycles. The van der Waals surface area contributed by atoms with Crippen LogP contribution in [0.3, 0.4) is 0 Å². The molecule has 11 heteroatoms. The molecule has 3 aliphatic rings. The van der Waals surface area contributed by atoms with Crippen molar-refractivity contribution in [2.24, 2.45) is 0 Å². The highest BCUT2D eigenvalue weighted by Gasteiger charge is 2.58. The van der Waals surface area contributed by atoms with Crippen molar-refractivity contribution in [1.29, 1.82) is 0 Å². The quantitative estimate of drug-likeness (QED) is 0.200. The lowest BCUT2D eigenvalue weighted by molar-refractivity contribution is -0.384. The largest absolute Gasteiger partial charge is 0.442 e. The number of unbranched alkanes of at least 4 members (excludes halogenated alkanes) is 4. The summed E-state index contributed by atoms with van der Waals surface area (Å²) < 4.78 is 30.9. The van der Waals surface area contributed by atoms with Gasteiger partial charge in [-0.1, -0.05) is 39.0 Å². The van der Waals surface area contributed by atoms with Gasteiger partial charge in [-0.15, -0.1) is 0 Å². The molecule has 1 N–H and O–H groups in total. The molecule has 1 amide bonds. The van der Waals surface area contributed by atoms with Gasteiger partial charge in [0.25, 0.3) is 5.69 Å². The Hall–Kier alpha value is -2.31. The molecule has 3 heterocycles. The number of fused-ring (bicyclic) bond motifs is 1. The average Bonchev–Trinajstić information content (AvgIpc) is 3.39. The number of nitrogens with zero attached hydrogens (tertiary/aromatic N) is 2. The highest BCUT2D eigenvalue weighted by atomic mass is 16.8. The first-order valence-corrected chi connectivity index (χ1v) is 14.3. The first-order chi connectivity index (χ1) is 18.8. The van der Waals surface area contributed by atoms with E-state index in [0.717, 1.165) is 38.8 Å². The minimum atomic E-state index is -0.809. The van der Waals surface area contributed by atoms with Crippen LogP contribution in [0.5, 0.6) is 0 Å². The lowest BCUT2D eigenvalue weighted by Crippen LogP contribution is -2.49. The summed E-state index contributed by atoms with van der Waals surface area (Å²) >= 11 is 0. The first-order valence-electron chi connectivity index (χ1n) is 14.3. The Morgan fingerprint density at radius 1 is 1.10 bits per heavy atom. The van der Waals surface area contributed by atoms with Gasteiger partial charge in [0.05, 0.1) is 4.92 Å². The number of carbonyl (C=O) groups excluding carboxylic acids is 1. The summed E-state index contributed by atoms with van der Waals surface area (Å²) in [6, 6.07) is 5.62. The van der Waals surface area contributed by atoms with Crippen molar-refractivity contribution in [3.8, 4) is 0 Å². The molecule has 4 rings (SSSR count).